The zero-order valence-electron chi connectivity index (χ0n) is 11.5. The maximum Gasteiger partial charge on any atom is 0.435 e. The van der Waals surface area contributed by atoms with Gasteiger partial charge >= 0.3 is 6.18 Å². The zero-order chi connectivity index (χ0) is 15.3. The van der Waals surface area contributed by atoms with Gasteiger partial charge in [-0.3, -0.25) is 0 Å². The molecule has 0 bridgehead atoms. The van der Waals surface area contributed by atoms with Crippen LogP contribution in [0.15, 0.2) is 18.5 Å². The molecule has 21 heavy (non-hydrogen) atoms. The molecule has 0 saturated carbocycles. The van der Waals surface area contributed by atoms with E-state index in [4.69, 9.17) is 5.73 Å². The SMILES string of the molecule is NCCCCCCNc1nccn2nc(C(F)(F)F)cc12. The van der Waals surface area contributed by atoms with E-state index in [9.17, 15) is 13.2 Å². The van der Waals surface area contributed by atoms with Crippen molar-refractivity contribution in [1.29, 1.82) is 0 Å². The monoisotopic (exact) mass is 301 g/mol. The van der Waals surface area contributed by atoms with Crippen molar-refractivity contribution in [2.24, 2.45) is 5.73 Å². The number of hydrogen-bond donors (Lipinski definition) is 2. The molecule has 8 heteroatoms. The summed E-state index contributed by atoms with van der Waals surface area (Å²) >= 11 is 0. The molecule has 116 valence electrons. The van der Waals surface area contributed by atoms with Crippen molar-refractivity contribution < 1.29 is 13.2 Å². The normalized spacial score (nSPS) is 12.0. The Morgan fingerprint density at radius 2 is 1.95 bits per heavy atom. The predicted octanol–water partition coefficient (Wildman–Crippen LogP) is 2.68. The zero-order valence-corrected chi connectivity index (χ0v) is 11.5. The van der Waals surface area contributed by atoms with Crippen molar-refractivity contribution >= 4 is 11.3 Å². The first-order valence-electron chi connectivity index (χ1n) is 6.88. The van der Waals surface area contributed by atoms with E-state index in [0.29, 0.717) is 24.4 Å². The third-order valence-corrected chi connectivity index (χ3v) is 3.10. The van der Waals surface area contributed by atoms with Crippen LogP contribution < -0.4 is 11.1 Å². The van der Waals surface area contributed by atoms with Crippen LogP contribution in [0.3, 0.4) is 0 Å². The van der Waals surface area contributed by atoms with Crippen LogP contribution in [-0.4, -0.2) is 27.7 Å². The highest BCUT2D eigenvalue weighted by atomic mass is 19.4. The van der Waals surface area contributed by atoms with Crippen molar-refractivity contribution in [3.63, 3.8) is 0 Å². The first kappa shape index (κ1) is 15.6. The Bertz CT molecular complexity index is 579. The van der Waals surface area contributed by atoms with E-state index in [-0.39, 0.29) is 0 Å². The lowest BCUT2D eigenvalue weighted by Crippen LogP contribution is -2.06. The van der Waals surface area contributed by atoms with Crippen molar-refractivity contribution in [3.8, 4) is 0 Å². The van der Waals surface area contributed by atoms with Gasteiger partial charge in [0.05, 0.1) is 0 Å². The number of nitrogens with two attached hydrogens (primary N) is 1. The second-order valence-corrected chi connectivity index (χ2v) is 4.76. The highest BCUT2D eigenvalue weighted by molar-refractivity contribution is 5.67. The van der Waals surface area contributed by atoms with Crippen LogP contribution in [-0.2, 0) is 6.18 Å². The number of alkyl halides is 3. The minimum absolute atomic E-state index is 0.326. The number of nitrogens with one attached hydrogen (secondary N) is 1. The van der Waals surface area contributed by atoms with E-state index in [1.165, 1.54) is 16.9 Å². The molecule has 0 saturated heterocycles. The van der Waals surface area contributed by atoms with Crippen molar-refractivity contribution in [2.45, 2.75) is 31.9 Å². The summed E-state index contributed by atoms with van der Waals surface area (Å²) in [6.45, 7) is 1.34. The van der Waals surface area contributed by atoms with Gasteiger partial charge in [0.25, 0.3) is 0 Å². The standard InChI is InChI=1S/C13H18F3N5/c14-13(15,16)11-9-10-12(19-7-8-21(10)20-11)18-6-4-2-1-3-5-17/h7-9H,1-6,17H2,(H,18,19). The Labute approximate surface area is 120 Å². The van der Waals surface area contributed by atoms with E-state index in [1.807, 2.05) is 0 Å². The van der Waals surface area contributed by atoms with Crippen LogP contribution in [0.2, 0.25) is 0 Å². The number of unbranched alkanes of at least 4 members (excludes halogenated alkanes) is 3. The molecule has 5 nitrogen and oxygen atoms in total. The Morgan fingerprint density at radius 3 is 2.67 bits per heavy atom. The molecular formula is C13H18F3N5. The molecule has 2 aromatic heterocycles. The van der Waals surface area contributed by atoms with E-state index < -0.39 is 11.9 Å². The van der Waals surface area contributed by atoms with Crippen LogP contribution in [0.4, 0.5) is 19.0 Å². The number of halogens is 3. The fourth-order valence-corrected chi connectivity index (χ4v) is 2.03. The summed E-state index contributed by atoms with van der Waals surface area (Å²) < 4.78 is 39.2. The van der Waals surface area contributed by atoms with Crippen LogP contribution >= 0.6 is 0 Å². The summed E-state index contributed by atoms with van der Waals surface area (Å²) in [6.07, 6.45) is 2.37. The predicted molar refractivity (Wildman–Crippen MR) is 74.0 cm³/mol. The Kier molecular flexibility index (Phi) is 5.00. The lowest BCUT2D eigenvalue weighted by Gasteiger charge is -2.06. The number of rotatable bonds is 7. The highest BCUT2D eigenvalue weighted by Crippen LogP contribution is 2.29. The van der Waals surface area contributed by atoms with Crippen LogP contribution in [0.5, 0.6) is 0 Å². The maximum atomic E-state index is 12.7. The quantitative estimate of drug-likeness (QED) is 0.772. The molecule has 0 atom stereocenters. The van der Waals surface area contributed by atoms with Gasteiger partial charge in [0.1, 0.15) is 5.52 Å². The lowest BCUT2D eigenvalue weighted by atomic mass is 10.2. The molecular weight excluding hydrogens is 283 g/mol. The minimum Gasteiger partial charge on any atom is -0.368 e. The molecule has 0 aliphatic heterocycles. The number of nitrogens with zero attached hydrogens (tertiary/aromatic N) is 3. The average molecular weight is 301 g/mol. The van der Waals surface area contributed by atoms with E-state index in [0.717, 1.165) is 31.7 Å². The summed E-state index contributed by atoms with van der Waals surface area (Å²) in [4.78, 5) is 4.08. The largest absolute Gasteiger partial charge is 0.435 e. The summed E-state index contributed by atoms with van der Waals surface area (Å²) in [5, 5.41) is 6.57. The summed E-state index contributed by atoms with van der Waals surface area (Å²) in [5.74, 6) is 0.416. The van der Waals surface area contributed by atoms with E-state index in [1.54, 1.807) is 0 Å². The molecule has 0 aliphatic carbocycles. The molecule has 0 aromatic carbocycles. The van der Waals surface area contributed by atoms with Crippen molar-refractivity contribution in [3.05, 3.63) is 24.2 Å². The van der Waals surface area contributed by atoms with Gasteiger partial charge in [0.15, 0.2) is 11.5 Å². The van der Waals surface area contributed by atoms with Crippen LogP contribution in [0, 0.1) is 0 Å². The minimum atomic E-state index is -4.45. The maximum absolute atomic E-state index is 12.7. The number of hydrogen-bond acceptors (Lipinski definition) is 4. The molecule has 0 radical (unpaired) electrons. The van der Waals surface area contributed by atoms with Crippen LogP contribution in [0.25, 0.3) is 5.52 Å². The first-order chi connectivity index (χ1) is 10.0. The Balaban J connectivity index is 2.01. The van der Waals surface area contributed by atoms with Gasteiger partial charge in [0, 0.05) is 25.0 Å². The van der Waals surface area contributed by atoms with Gasteiger partial charge in [0.2, 0.25) is 0 Å². The van der Waals surface area contributed by atoms with E-state index >= 15 is 0 Å². The van der Waals surface area contributed by atoms with Crippen molar-refractivity contribution in [1.82, 2.24) is 14.6 Å². The molecule has 0 spiro atoms. The van der Waals surface area contributed by atoms with Gasteiger partial charge in [-0.05, 0) is 19.4 Å². The smallest absolute Gasteiger partial charge is 0.368 e. The third kappa shape index (κ3) is 4.07. The second-order valence-electron chi connectivity index (χ2n) is 4.76. The molecule has 0 unspecified atom stereocenters. The van der Waals surface area contributed by atoms with Crippen molar-refractivity contribution in [2.75, 3.05) is 18.4 Å². The fraction of sp³-hybridized carbons (Fsp3) is 0.538. The molecule has 0 amide bonds. The molecule has 3 N–H and O–H groups in total. The van der Waals surface area contributed by atoms with Gasteiger partial charge in [-0.15, -0.1) is 0 Å². The second kappa shape index (κ2) is 6.75. The Hall–Kier alpha value is -1.83. The molecule has 2 aromatic rings. The summed E-state index contributed by atoms with van der Waals surface area (Å²) in [6, 6.07) is 1.00. The molecule has 2 heterocycles. The van der Waals surface area contributed by atoms with Crippen LogP contribution in [0.1, 0.15) is 31.4 Å². The molecule has 2 rings (SSSR count). The topological polar surface area (TPSA) is 68.2 Å². The number of fused-ring (bicyclic) bond motifs is 1. The highest BCUT2D eigenvalue weighted by Gasteiger charge is 2.34. The van der Waals surface area contributed by atoms with Gasteiger partial charge in [-0.2, -0.15) is 18.3 Å². The molecule has 0 aliphatic rings. The summed E-state index contributed by atoms with van der Waals surface area (Å²) in [5.41, 5.74) is 4.82. The van der Waals surface area contributed by atoms with Gasteiger partial charge < -0.3 is 11.1 Å². The fourth-order valence-electron chi connectivity index (χ4n) is 2.03. The summed E-state index contributed by atoms with van der Waals surface area (Å²) in [7, 11) is 0. The van der Waals surface area contributed by atoms with Gasteiger partial charge in [-0.1, -0.05) is 12.8 Å². The third-order valence-electron chi connectivity index (χ3n) is 3.10. The number of anilines is 1. The van der Waals surface area contributed by atoms with E-state index in [2.05, 4.69) is 15.4 Å². The van der Waals surface area contributed by atoms with Gasteiger partial charge in [-0.25, -0.2) is 9.50 Å². The first-order valence-corrected chi connectivity index (χ1v) is 6.88. The Morgan fingerprint density at radius 1 is 1.19 bits per heavy atom. The average Bonchev–Trinajstić information content (AvgIpc) is 2.87. The lowest BCUT2D eigenvalue weighted by molar-refractivity contribution is -0.141. The molecule has 0 fully saturated rings. The number of aromatic nitrogens is 3.